The van der Waals surface area contributed by atoms with E-state index in [4.69, 9.17) is 16.3 Å². The number of nitrogens with zero attached hydrogens (tertiary/aromatic N) is 1. The van der Waals surface area contributed by atoms with Gasteiger partial charge in [0.25, 0.3) is 0 Å². The summed E-state index contributed by atoms with van der Waals surface area (Å²) in [5, 5.41) is 0. The van der Waals surface area contributed by atoms with Crippen molar-refractivity contribution in [1.82, 2.24) is 4.90 Å². The van der Waals surface area contributed by atoms with Gasteiger partial charge in [-0.15, -0.1) is 11.6 Å². The van der Waals surface area contributed by atoms with Crippen molar-refractivity contribution in [3.05, 3.63) is 0 Å². The Morgan fingerprint density at radius 3 is 2.60 bits per heavy atom. The molecule has 0 spiro atoms. The van der Waals surface area contributed by atoms with E-state index in [9.17, 15) is 4.79 Å². The summed E-state index contributed by atoms with van der Waals surface area (Å²) < 4.78 is 5.51. The van der Waals surface area contributed by atoms with Gasteiger partial charge in [0, 0.05) is 12.0 Å². The Bertz CT molecular complexity index is 237. The molecular formula is C11H20ClNO2. The van der Waals surface area contributed by atoms with Gasteiger partial charge in [0.15, 0.2) is 0 Å². The van der Waals surface area contributed by atoms with Crippen LogP contribution in [0.25, 0.3) is 0 Å². The van der Waals surface area contributed by atoms with Crippen LogP contribution in [0.2, 0.25) is 0 Å². The maximum absolute atomic E-state index is 12.1. The van der Waals surface area contributed by atoms with Crippen LogP contribution in [-0.4, -0.2) is 42.0 Å². The summed E-state index contributed by atoms with van der Waals surface area (Å²) in [6.45, 7) is 9.02. The fourth-order valence-electron chi connectivity index (χ4n) is 1.62. The van der Waals surface area contributed by atoms with Crippen molar-refractivity contribution >= 4 is 17.5 Å². The van der Waals surface area contributed by atoms with E-state index >= 15 is 0 Å². The van der Waals surface area contributed by atoms with Gasteiger partial charge in [-0.2, -0.15) is 0 Å². The minimum atomic E-state index is -0.331. The molecule has 4 heteroatoms. The van der Waals surface area contributed by atoms with Crippen molar-refractivity contribution in [3.8, 4) is 0 Å². The molecule has 3 nitrogen and oxygen atoms in total. The fraction of sp³-hybridized carbons (Fsp3) is 0.909. The lowest BCUT2D eigenvalue weighted by Crippen LogP contribution is -2.54. The minimum absolute atomic E-state index is 0.0193. The van der Waals surface area contributed by atoms with Gasteiger partial charge in [0.05, 0.1) is 24.6 Å². The van der Waals surface area contributed by atoms with E-state index in [1.807, 2.05) is 32.6 Å². The Kier molecular flexibility index (Phi) is 4.01. The molecule has 1 amide bonds. The molecule has 2 atom stereocenters. The van der Waals surface area contributed by atoms with Crippen molar-refractivity contribution in [2.75, 3.05) is 19.0 Å². The Morgan fingerprint density at radius 1 is 1.53 bits per heavy atom. The topological polar surface area (TPSA) is 29.5 Å². The molecule has 0 aromatic heterocycles. The van der Waals surface area contributed by atoms with Crippen LogP contribution in [-0.2, 0) is 9.53 Å². The minimum Gasteiger partial charge on any atom is -0.373 e. The first-order chi connectivity index (χ1) is 6.86. The first-order valence-electron chi connectivity index (χ1n) is 5.35. The van der Waals surface area contributed by atoms with Crippen molar-refractivity contribution in [2.24, 2.45) is 5.41 Å². The van der Waals surface area contributed by atoms with Crippen LogP contribution in [0.5, 0.6) is 0 Å². The first-order valence-corrected chi connectivity index (χ1v) is 5.88. The van der Waals surface area contributed by atoms with Crippen molar-refractivity contribution in [3.63, 3.8) is 0 Å². The van der Waals surface area contributed by atoms with Crippen LogP contribution < -0.4 is 0 Å². The molecule has 0 bridgehead atoms. The van der Waals surface area contributed by atoms with E-state index < -0.39 is 0 Å². The van der Waals surface area contributed by atoms with Gasteiger partial charge in [-0.3, -0.25) is 4.79 Å². The fourth-order valence-corrected chi connectivity index (χ4v) is 1.81. The lowest BCUT2D eigenvalue weighted by Gasteiger charge is -2.40. The molecule has 1 saturated heterocycles. The zero-order valence-electron chi connectivity index (χ0n) is 9.92. The molecule has 1 fully saturated rings. The largest absolute Gasteiger partial charge is 0.373 e. The molecule has 0 N–H and O–H groups in total. The summed E-state index contributed by atoms with van der Waals surface area (Å²) in [7, 11) is 0. The molecule has 0 saturated carbocycles. The van der Waals surface area contributed by atoms with Crippen LogP contribution in [0.3, 0.4) is 0 Å². The standard InChI is InChI=1S/C11H20ClNO2/c1-8-7-15-9(5-12)6-13(8)10(14)11(2,3)4/h8-9H,5-7H2,1-4H3. The molecule has 1 aliphatic heterocycles. The van der Waals surface area contributed by atoms with Gasteiger partial charge in [-0.1, -0.05) is 20.8 Å². The van der Waals surface area contributed by atoms with Gasteiger partial charge in [0.1, 0.15) is 0 Å². The lowest BCUT2D eigenvalue weighted by atomic mass is 9.93. The molecule has 0 aromatic rings. The molecule has 2 unspecified atom stereocenters. The van der Waals surface area contributed by atoms with E-state index in [-0.39, 0.29) is 23.5 Å². The second-order valence-corrected chi connectivity index (χ2v) is 5.47. The number of ether oxygens (including phenoxy) is 1. The Labute approximate surface area is 96.7 Å². The normalized spacial score (nSPS) is 27.9. The molecule has 88 valence electrons. The highest BCUT2D eigenvalue weighted by Crippen LogP contribution is 2.22. The Hall–Kier alpha value is -0.280. The average molecular weight is 234 g/mol. The van der Waals surface area contributed by atoms with Crippen LogP contribution in [0.15, 0.2) is 0 Å². The van der Waals surface area contributed by atoms with Crippen molar-refractivity contribution in [2.45, 2.75) is 39.8 Å². The van der Waals surface area contributed by atoms with Crippen LogP contribution in [0.1, 0.15) is 27.7 Å². The highest BCUT2D eigenvalue weighted by atomic mass is 35.5. The highest BCUT2D eigenvalue weighted by Gasteiger charge is 2.34. The van der Waals surface area contributed by atoms with Gasteiger partial charge in [0.2, 0.25) is 5.91 Å². The zero-order valence-corrected chi connectivity index (χ0v) is 10.7. The Morgan fingerprint density at radius 2 is 2.13 bits per heavy atom. The zero-order chi connectivity index (χ0) is 11.6. The number of amides is 1. The van der Waals surface area contributed by atoms with Gasteiger partial charge in [-0.25, -0.2) is 0 Å². The maximum Gasteiger partial charge on any atom is 0.228 e. The predicted molar refractivity (Wildman–Crippen MR) is 61.1 cm³/mol. The van der Waals surface area contributed by atoms with E-state index in [1.54, 1.807) is 0 Å². The molecule has 1 rings (SSSR count). The molecule has 0 radical (unpaired) electrons. The number of rotatable bonds is 1. The predicted octanol–water partition coefficient (Wildman–Crippen LogP) is 1.89. The summed E-state index contributed by atoms with van der Waals surface area (Å²) in [4.78, 5) is 14.0. The third kappa shape index (κ3) is 3.08. The summed E-state index contributed by atoms with van der Waals surface area (Å²) in [5.41, 5.74) is -0.331. The number of carbonyl (C=O) groups is 1. The van der Waals surface area contributed by atoms with E-state index in [2.05, 4.69) is 0 Å². The number of hydrogen-bond donors (Lipinski definition) is 0. The SMILES string of the molecule is CC1COC(CCl)CN1C(=O)C(C)(C)C. The highest BCUT2D eigenvalue weighted by molar-refractivity contribution is 6.18. The van der Waals surface area contributed by atoms with Gasteiger partial charge in [-0.05, 0) is 6.92 Å². The average Bonchev–Trinajstić information content (AvgIpc) is 2.16. The maximum atomic E-state index is 12.1. The third-order valence-corrected chi connectivity index (χ3v) is 2.92. The van der Waals surface area contributed by atoms with E-state index in [0.717, 1.165) is 0 Å². The lowest BCUT2D eigenvalue weighted by molar-refractivity contribution is -0.151. The first kappa shape index (κ1) is 12.8. The molecule has 0 aromatic carbocycles. The van der Waals surface area contributed by atoms with Crippen molar-refractivity contribution in [1.29, 1.82) is 0 Å². The molecule has 1 heterocycles. The smallest absolute Gasteiger partial charge is 0.228 e. The number of morpholine rings is 1. The number of carbonyl (C=O) groups excluding carboxylic acids is 1. The molecule has 15 heavy (non-hydrogen) atoms. The number of hydrogen-bond acceptors (Lipinski definition) is 2. The number of halogens is 1. The summed E-state index contributed by atoms with van der Waals surface area (Å²) in [5.74, 6) is 0.620. The molecular weight excluding hydrogens is 214 g/mol. The second-order valence-electron chi connectivity index (χ2n) is 5.17. The Balaban J connectivity index is 2.70. The van der Waals surface area contributed by atoms with Crippen LogP contribution in [0.4, 0.5) is 0 Å². The van der Waals surface area contributed by atoms with Crippen LogP contribution >= 0.6 is 11.6 Å². The van der Waals surface area contributed by atoms with Crippen molar-refractivity contribution < 1.29 is 9.53 Å². The quantitative estimate of drug-likeness (QED) is 0.648. The van der Waals surface area contributed by atoms with Gasteiger partial charge < -0.3 is 9.64 Å². The van der Waals surface area contributed by atoms with E-state index in [0.29, 0.717) is 19.0 Å². The van der Waals surface area contributed by atoms with E-state index in [1.165, 1.54) is 0 Å². The summed E-state index contributed by atoms with van der Waals surface area (Å²) >= 11 is 5.75. The summed E-state index contributed by atoms with van der Waals surface area (Å²) in [6, 6.07) is 0.149. The monoisotopic (exact) mass is 233 g/mol. The molecule has 1 aliphatic rings. The third-order valence-electron chi connectivity index (χ3n) is 2.58. The second kappa shape index (κ2) is 4.71. The summed E-state index contributed by atoms with van der Waals surface area (Å²) in [6.07, 6.45) is -0.0193. The van der Waals surface area contributed by atoms with Gasteiger partial charge >= 0.3 is 0 Å². The van der Waals surface area contributed by atoms with Crippen LogP contribution in [0, 0.1) is 5.41 Å². The number of alkyl halides is 1. The molecule has 0 aliphatic carbocycles.